The minimum atomic E-state index is -0.904. The molecule has 2 aromatic rings. The molecule has 2 N–H and O–H groups in total. The molecule has 0 fully saturated rings. The van der Waals surface area contributed by atoms with Crippen LogP contribution in [0.2, 0.25) is 0 Å². The first-order valence-corrected chi connectivity index (χ1v) is 7.49. The Bertz CT molecular complexity index is 656. The van der Waals surface area contributed by atoms with Gasteiger partial charge in [-0.2, -0.15) is 0 Å². The third-order valence-corrected chi connectivity index (χ3v) is 3.59. The number of hydrogen-bond donors (Lipinski definition) is 2. The maximum absolute atomic E-state index is 13.2. The SMILES string of the molecule is CC[C@@H](NC(=S)Nc1ccc(F)c(F)c1)c1ccc(C)cc1. The van der Waals surface area contributed by atoms with Crippen LogP contribution in [0, 0.1) is 18.6 Å². The molecule has 5 heteroatoms. The highest BCUT2D eigenvalue weighted by atomic mass is 32.1. The average Bonchev–Trinajstić information content (AvgIpc) is 2.49. The lowest BCUT2D eigenvalue weighted by Crippen LogP contribution is -2.32. The van der Waals surface area contributed by atoms with Gasteiger partial charge in [0.1, 0.15) is 0 Å². The van der Waals surface area contributed by atoms with Crippen LogP contribution >= 0.6 is 12.2 Å². The van der Waals surface area contributed by atoms with Gasteiger partial charge in [0.15, 0.2) is 16.7 Å². The third-order valence-electron chi connectivity index (χ3n) is 3.37. The fourth-order valence-electron chi connectivity index (χ4n) is 2.12. The van der Waals surface area contributed by atoms with Gasteiger partial charge in [0.2, 0.25) is 0 Å². The summed E-state index contributed by atoms with van der Waals surface area (Å²) < 4.78 is 26.1. The Labute approximate surface area is 134 Å². The zero-order valence-electron chi connectivity index (χ0n) is 12.5. The molecule has 2 rings (SSSR count). The topological polar surface area (TPSA) is 24.1 Å². The van der Waals surface area contributed by atoms with Gasteiger partial charge in [-0.15, -0.1) is 0 Å². The van der Waals surface area contributed by atoms with E-state index in [2.05, 4.69) is 29.7 Å². The van der Waals surface area contributed by atoms with E-state index in [4.69, 9.17) is 12.2 Å². The zero-order valence-corrected chi connectivity index (χ0v) is 13.3. The molecule has 2 aromatic carbocycles. The Morgan fingerprint density at radius 3 is 2.36 bits per heavy atom. The van der Waals surface area contributed by atoms with Crippen LogP contribution in [-0.2, 0) is 0 Å². The summed E-state index contributed by atoms with van der Waals surface area (Å²) in [6.07, 6.45) is 0.850. The highest BCUT2D eigenvalue weighted by Gasteiger charge is 2.11. The van der Waals surface area contributed by atoms with Gasteiger partial charge in [0.25, 0.3) is 0 Å². The predicted octanol–water partition coefficient (Wildman–Crippen LogP) is 4.71. The molecule has 2 nitrogen and oxygen atoms in total. The first-order valence-electron chi connectivity index (χ1n) is 7.08. The van der Waals surface area contributed by atoms with E-state index < -0.39 is 11.6 Å². The van der Waals surface area contributed by atoms with E-state index in [1.165, 1.54) is 11.6 Å². The van der Waals surface area contributed by atoms with Crippen molar-refractivity contribution in [2.75, 3.05) is 5.32 Å². The lowest BCUT2D eigenvalue weighted by atomic mass is 10.0. The Hall–Kier alpha value is -2.01. The van der Waals surface area contributed by atoms with Crippen molar-refractivity contribution in [1.29, 1.82) is 0 Å². The van der Waals surface area contributed by atoms with Crippen LogP contribution in [0.15, 0.2) is 42.5 Å². The van der Waals surface area contributed by atoms with E-state index >= 15 is 0 Å². The fraction of sp³-hybridized carbons (Fsp3) is 0.235. The second-order valence-electron chi connectivity index (χ2n) is 5.10. The van der Waals surface area contributed by atoms with Crippen molar-refractivity contribution in [3.8, 4) is 0 Å². The van der Waals surface area contributed by atoms with Crippen LogP contribution in [0.4, 0.5) is 14.5 Å². The van der Waals surface area contributed by atoms with E-state index in [1.54, 1.807) is 0 Å². The minimum absolute atomic E-state index is 0.0610. The van der Waals surface area contributed by atoms with E-state index in [0.29, 0.717) is 10.8 Å². The first-order chi connectivity index (χ1) is 10.5. The summed E-state index contributed by atoms with van der Waals surface area (Å²) in [5, 5.41) is 6.43. The van der Waals surface area contributed by atoms with Gasteiger partial charge < -0.3 is 10.6 Å². The summed E-state index contributed by atoms with van der Waals surface area (Å²) in [6.45, 7) is 4.09. The molecule has 0 saturated carbocycles. The number of aryl methyl sites for hydroxylation is 1. The first kappa shape index (κ1) is 16.4. The van der Waals surface area contributed by atoms with E-state index in [-0.39, 0.29) is 6.04 Å². The van der Waals surface area contributed by atoms with E-state index in [0.717, 1.165) is 24.1 Å². The molecule has 0 aliphatic rings. The van der Waals surface area contributed by atoms with Crippen molar-refractivity contribution in [2.45, 2.75) is 26.3 Å². The molecule has 22 heavy (non-hydrogen) atoms. The van der Waals surface area contributed by atoms with Crippen LogP contribution in [0.25, 0.3) is 0 Å². The molecule has 0 heterocycles. The Balaban J connectivity index is 2.02. The summed E-state index contributed by atoms with van der Waals surface area (Å²) in [7, 11) is 0. The standard InChI is InChI=1S/C17H18F2N2S/c1-3-16(12-6-4-11(2)5-7-12)21-17(22)20-13-8-9-14(18)15(19)10-13/h4-10,16H,3H2,1-2H3,(H2,20,21,22)/t16-/m1/s1. The van der Waals surface area contributed by atoms with Crippen LogP contribution in [0.5, 0.6) is 0 Å². The lowest BCUT2D eigenvalue weighted by Gasteiger charge is -2.20. The highest BCUT2D eigenvalue weighted by Crippen LogP contribution is 2.18. The largest absolute Gasteiger partial charge is 0.356 e. The third kappa shape index (κ3) is 4.24. The number of halogens is 2. The van der Waals surface area contributed by atoms with Gasteiger partial charge in [-0.3, -0.25) is 0 Å². The second-order valence-corrected chi connectivity index (χ2v) is 5.51. The summed E-state index contributed by atoms with van der Waals surface area (Å²) in [4.78, 5) is 0. The minimum Gasteiger partial charge on any atom is -0.356 e. The molecule has 0 amide bonds. The van der Waals surface area contributed by atoms with E-state index in [9.17, 15) is 8.78 Å². The fourth-order valence-corrected chi connectivity index (χ4v) is 2.38. The van der Waals surface area contributed by atoms with Crippen molar-refractivity contribution >= 4 is 23.0 Å². The molecule has 0 spiro atoms. The van der Waals surface area contributed by atoms with Gasteiger partial charge in [-0.05, 0) is 43.3 Å². The Morgan fingerprint density at radius 1 is 1.09 bits per heavy atom. The summed E-state index contributed by atoms with van der Waals surface area (Å²) in [5.74, 6) is -1.78. The smallest absolute Gasteiger partial charge is 0.171 e. The predicted molar refractivity (Wildman–Crippen MR) is 89.9 cm³/mol. The molecule has 0 radical (unpaired) electrons. The van der Waals surface area contributed by atoms with Crippen LogP contribution in [-0.4, -0.2) is 5.11 Å². The maximum atomic E-state index is 13.2. The Kier molecular flexibility index (Phi) is 5.44. The van der Waals surface area contributed by atoms with Crippen LogP contribution in [0.3, 0.4) is 0 Å². The van der Waals surface area contributed by atoms with Gasteiger partial charge in [-0.25, -0.2) is 8.78 Å². The Morgan fingerprint density at radius 2 is 1.77 bits per heavy atom. The molecular weight excluding hydrogens is 302 g/mol. The van der Waals surface area contributed by atoms with Crippen molar-refractivity contribution in [3.05, 3.63) is 65.2 Å². The summed E-state index contributed by atoms with van der Waals surface area (Å²) >= 11 is 5.24. The number of anilines is 1. The lowest BCUT2D eigenvalue weighted by molar-refractivity contribution is 0.509. The number of thiocarbonyl (C=S) groups is 1. The normalized spacial score (nSPS) is 11.8. The monoisotopic (exact) mass is 320 g/mol. The summed E-state index contributed by atoms with van der Waals surface area (Å²) in [5.41, 5.74) is 2.73. The maximum Gasteiger partial charge on any atom is 0.171 e. The van der Waals surface area contributed by atoms with Gasteiger partial charge >= 0.3 is 0 Å². The van der Waals surface area contributed by atoms with Crippen molar-refractivity contribution in [2.24, 2.45) is 0 Å². The quantitative estimate of drug-likeness (QED) is 0.798. The van der Waals surface area contributed by atoms with E-state index in [1.807, 2.05) is 19.1 Å². The number of rotatable bonds is 4. The summed E-state index contributed by atoms with van der Waals surface area (Å²) in [6, 6.07) is 11.8. The van der Waals surface area contributed by atoms with Crippen molar-refractivity contribution in [3.63, 3.8) is 0 Å². The van der Waals surface area contributed by atoms with Gasteiger partial charge in [0.05, 0.1) is 6.04 Å². The van der Waals surface area contributed by atoms with Crippen molar-refractivity contribution in [1.82, 2.24) is 5.32 Å². The molecule has 0 bridgehead atoms. The second kappa shape index (κ2) is 7.31. The van der Waals surface area contributed by atoms with Gasteiger partial charge in [-0.1, -0.05) is 36.8 Å². The highest BCUT2D eigenvalue weighted by molar-refractivity contribution is 7.80. The molecule has 0 unspecified atom stereocenters. The van der Waals surface area contributed by atoms with Crippen molar-refractivity contribution < 1.29 is 8.78 Å². The van der Waals surface area contributed by atoms with Crippen LogP contribution < -0.4 is 10.6 Å². The zero-order chi connectivity index (χ0) is 16.1. The molecule has 0 aliphatic carbocycles. The molecule has 0 aliphatic heterocycles. The molecule has 0 aromatic heterocycles. The van der Waals surface area contributed by atoms with Gasteiger partial charge in [0, 0.05) is 11.8 Å². The average molecular weight is 320 g/mol. The number of nitrogens with one attached hydrogen (secondary N) is 2. The van der Waals surface area contributed by atoms with Crippen LogP contribution in [0.1, 0.15) is 30.5 Å². The molecular formula is C17H18F2N2S. The molecule has 0 saturated heterocycles. The number of benzene rings is 2. The molecule has 116 valence electrons. The molecule has 1 atom stereocenters. The number of hydrogen-bond acceptors (Lipinski definition) is 1.